The molecule has 8 heteroatoms. The number of carbonyl (C=O) groups excluding carboxylic acids is 3. The summed E-state index contributed by atoms with van der Waals surface area (Å²) < 4.78 is 5.41. The SMILES string of the molecule is C[C@H](OC(=O)c1cc2c(s1)CCCCC2)C(=O)Nc1sc2c(c1C(N)=O)CCC2. The van der Waals surface area contributed by atoms with Gasteiger partial charge in [0.15, 0.2) is 6.10 Å². The number of nitrogens with two attached hydrogens (primary N) is 1. The minimum absolute atomic E-state index is 0.399. The summed E-state index contributed by atoms with van der Waals surface area (Å²) in [6, 6.07) is 1.91. The van der Waals surface area contributed by atoms with E-state index >= 15 is 0 Å². The number of esters is 1. The Morgan fingerprint density at radius 1 is 1.03 bits per heavy atom. The number of amides is 2. The van der Waals surface area contributed by atoms with Gasteiger partial charge in [0.2, 0.25) is 0 Å². The van der Waals surface area contributed by atoms with E-state index in [2.05, 4.69) is 5.32 Å². The summed E-state index contributed by atoms with van der Waals surface area (Å²) in [5.74, 6) is -1.47. The third kappa shape index (κ3) is 4.09. The van der Waals surface area contributed by atoms with Crippen LogP contribution >= 0.6 is 22.7 Å². The third-order valence-corrected chi connectivity index (χ3v) is 7.93. The van der Waals surface area contributed by atoms with Crippen molar-refractivity contribution in [2.75, 3.05) is 5.32 Å². The van der Waals surface area contributed by atoms with Crippen LogP contribution in [-0.4, -0.2) is 23.9 Å². The third-order valence-electron chi connectivity index (χ3n) is 5.51. The number of fused-ring (bicyclic) bond motifs is 2. The summed E-state index contributed by atoms with van der Waals surface area (Å²) >= 11 is 2.86. The second-order valence-corrected chi connectivity index (χ2v) is 9.82. The highest BCUT2D eigenvalue weighted by molar-refractivity contribution is 7.17. The molecule has 0 saturated carbocycles. The lowest BCUT2D eigenvalue weighted by atomic mass is 10.1. The highest BCUT2D eigenvalue weighted by Crippen LogP contribution is 2.39. The normalized spacial score (nSPS) is 16.4. The lowest BCUT2D eigenvalue weighted by Gasteiger charge is -2.13. The number of ether oxygens (including phenoxy) is 1. The van der Waals surface area contributed by atoms with Crippen molar-refractivity contribution in [1.82, 2.24) is 0 Å². The van der Waals surface area contributed by atoms with Gasteiger partial charge >= 0.3 is 5.97 Å². The summed E-state index contributed by atoms with van der Waals surface area (Å²) in [6.07, 6.45) is 7.22. The number of hydrogen-bond acceptors (Lipinski definition) is 6. The molecule has 29 heavy (non-hydrogen) atoms. The average Bonchev–Trinajstić information content (AvgIpc) is 3.32. The Morgan fingerprint density at radius 3 is 2.59 bits per heavy atom. The molecule has 2 aliphatic carbocycles. The molecule has 1 atom stereocenters. The molecule has 2 heterocycles. The minimum Gasteiger partial charge on any atom is -0.448 e. The van der Waals surface area contributed by atoms with Gasteiger partial charge in [-0.2, -0.15) is 0 Å². The van der Waals surface area contributed by atoms with Crippen LogP contribution in [0.2, 0.25) is 0 Å². The summed E-state index contributed by atoms with van der Waals surface area (Å²) in [5.41, 5.74) is 8.11. The lowest BCUT2D eigenvalue weighted by Crippen LogP contribution is -2.30. The van der Waals surface area contributed by atoms with Crippen LogP contribution in [0.5, 0.6) is 0 Å². The van der Waals surface area contributed by atoms with Gasteiger partial charge in [0.05, 0.1) is 5.56 Å². The Hall–Kier alpha value is -2.19. The first-order chi connectivity index (χ1) is 13.9. The maximum absolute atomic E-state index is 12.6. The lowest BCUT2D eigenvalue weighted by molar-refractivity contribution is -0.123. The zero-order valence-electron chi connectivity index (χ0n) is 16.3. The molecule has 154 valence electrons. The molecule has 0 spiro atoms. The van der Waals surface area contributed by atoms with E-state index in [9.17, 15) is 14.4 Å². The predicted molar refractivity (Wildman–Crippen MR) is 114 cm³/mol. The second kappa shape index (κ2) is 8.28. The fourth-order valence-electron chi connectivity index (χ4n) is 4.01. The van der Waals surface area contributed by atoms with Gasteiger partial charge < -0.3 is 15.8 Å². The van der Waals surface area contributed by atoms with Crippen molar-refractivity contribution in [3.8, 4) is 0 Å². The van der Waals surface area contributed by atoms with Gasteiger partial charge in [-0.15, -0.1) is 22.7 Å². The number of rotatable bonds is 5. The van der Waals surface area contributed by atoms with E-state index < -0.39 is 23.9 Å². The first-order valence-corrected chi connectivity index (χ1v) is 11.6. The number of nitrogens with one attached hydrogen (secondary N) is 1. The molecule has 0 bridgehead atoms. The molecule has 0 radical (unpaired) electrons. The first-order valence-electron chi connectivity index (χ1n) is 10.0. The molecule has 2 aromatic rings. The number of thiophene rings is 2. The molecule has 0 fully saturated rings. The average molecular weight is 433 g/mol. The maximum atomic E-state index is 12.6. The Morgan fingerprint density at radius 2 is 1.79 bits per heavy atom. The van der Waals surface area contributed by atoms with Crippen molar-refractivity contribution >= 4 is 45.5 Å². The fourth-order valence-corrected chi connectivity index (χ4v) is 6.44. The van der Waals surface area contributed by atoms with Crippen molar-refractivity contribution in [3.05, 3.63) is 37.4 Å². The van der Waals surface area contributed by atoms with E-state index in [1.807, 2.05) is 6.07 Å². The van der Waals surface area contributed by atoms with Crippen molar-refractivity contribution in [1.29, 1.82) is 0 Å². The van der Waals surface area contributed by atoms with Crippen LogP contribution in [-0.2, 0) is 35.2 Å². The standard InChI is InChI=1S/C21H24N2O4S2/c1-11(27-21(26)16-10-12-6-3-2-4-8-14(12)28-16)19(25)23-20-17(18(22)24)13-7-5-9-15(13)29-20/h10-11H,2-9H2,1H3,(H2,22,24)(H,23,25)/t11-/m0/s1. The number of anilines is 1. The van der Waals surface area contributed by atoms with Crippen LogP contribution < -0.4 is 11.1 Å². The summed E-state index contributed by atoms with van der Waals surface area (Å²) in [6.45, 7) is 1.54. The Labute approximate surface area is 177 Å². The smallest absolute Gasteiger partial charge is 0.349 e. The van der Waals surface area contributed by atoms with Crippen LogP contribution in [0.25, 0.3) is 0 Å². The zero-order valence-corrected chi connectivity index (χ0v) is 18.0. The van der Waals surface area contributed by atoms with E-state index in [4.69, 9.17) is 10.5 Å². The van der Waals surface area contributed by atoms with Crippen LogP contribution in [0.3, 0.4) is 0 Å². The first kappa shape index (κ1) is 20.1. The largest absolute Gasteiger partial charge is 0.448 e. The van der Waals surface area contributed by atoms with Gasteiger partial charge in [-0.1, -0.05) is 6.42 Å². The molecule has 0 saturated heterocycles. The van der Waals surface area contributed by atoms with Gasteiger partial charge in [-0.25, -0.2) is 4.79 Å². The number of primary amides is 1. The Balaban J connectivity index is 1.43. The minimum atomic E-state index is -0.970. The molecular weight excluding hydrogens is 408 g/mol. The highest BCUT2D eigenvalue weighted by Gasteiger charge is 2.28. The molecular formula is C21H24N2O4S2. The molecule has 3 N–H and O–H groups in total. The monoisotopic (exact) mass is 432 g/mol. The van der Waals surface area contributed by atoms with E-state index in [1.54, 1.807) is 0 Å². The van der Waals surface area contributed by atoms with Crippen molar-refractivity contribution in [2.45, 2.75) is 64.4 Å². The van der Waals surface area contributed by atoms with Gasteiger partial charge in [-0.05, 0) is 69.1 Å². The number of hydrogen-bond donors (Lipinski definition) is 2. The van der Waals surface area contributed by atoms with Gasteiger partial charge in [0.1, 0.15) is 9.88 Å². The molecule has 2 amide bonds. The topological polar surface area (TPSA) is 98.5 Å². The fraction of sp³-hybridized carbons (Fsp3) is 0.476. The van der Waals surface area contributed by atoms with Crippen molar-refractivity contribution in [3.63, 3.8) is 0 Å². The Bertz CT molecular complexity index is 952. The van der Waals surface area contributed by atoms with Crippen LogP contribution in [0.1, 0.15) is 73.5 Å². The molecule has 6 nitrogen and oxygen atoms in total. The quantitative estimate of drug-likeness (QED) is 0.554. The molecule has 2 aromatic heterocycles. The van der Waals surface area contributed by atoms with E-state index in [1.165, 1.54) is 46.5 Å². The molecule has 0 aromatic carbocycles. The summed E-state index contributed by atoms with van der Waals surface area (Å²) in [7, 11) is 0. The second-order valence-electron chi connectivity index (χ2n) is 7.58. The molecule has 0 unspecified atom stereocenters. The van der Waals surface area contributed by atoms with Gasteiger partial charge in [-0.3, -0.25) is 9.59 Å². The number of carbonyl (C=O) groups is 3. The summed E-state index contributed by atoms with van der Waals surface area (Å²) in [5, 5.41) is 3.20. The number of aryl methyl sites for hydroxylation is 3. The van der Waals surface area contributed by atoms with E-state index in [0.717, 1.165) is 55.4 Å². The van der Waals surface area contributed by atoms with Gasteiger partial charge in [0.25, 0.3) is 11.8 Å². The predicted octanol–water partition coefficient (Wildman–Crippen LogP) is 3.85. The zero-order chi connectivity index (χ0) is 20.5. The van der Waals surface area contributed by atoms with Gasteiger partial charge in [0, 0.05) is 9.75 Å². The highest BCUT2D eigenvalue weighted by atomic mass is 32.1. The molecule has 2 aliphatic rings. The van der Waals surface area contributed by atoms with E-state index in [0.29, 0.717) is 15.4 Å². The molecule has 0 aliphatic heterocycles. The van der Waals surface area contributed by atoms with Crippen LogP contribution in [0.15, 0.2) is 6.07 Å². The van der Waals surface area contributed by atoms with Crippen LogP contribution in [0.4, 0.5) is 5.00 Å². The Kier molecular flexibility index (Phi) is 5.74. The van der Waals surface area contributed by atoms with Crippen molar-refractivity contribution in [2.24, 2.45) is 5.73 Å². The van der Waals surface area contributed by atoms with E-state index in [-0.39, 0.29) is 0 Å². The van der Waals surface area contributed by atoms with Crippen molar-refractivity contribution < 1.29 is 19.1 Å². The molecule has 4 rings (SSSR count). The summed E-state index contributed by atoms with van der Waals surface area (Å²) in [4.78, 5) is 39.9. The maximum Gasteiger partial charge on any atom is 0.349 e. The van der Waals surface area contributed by atoms with Crippen LogP contribution in [0, 0.1) is 0 Å².